The third-order valence-corrected chi connectivity index (χ3v) is 2.68. The summed E-state index contributed by atoms with van der Waals surface area (Å²) in [6, 6.07) is 0. The number of hydrogen-bond donors (Lipinski definition) is 3. The van der Waals surface area contributed by atoms with Crippen LogP contribution < -0.4 is 16.8 Å². The van der Waals surface area contributed by atoms with Gasteiger partial charge in [0.05, 0.1) is 0 Å². The van der Waals surface area contributed by atoms with E-state index < -0.39 is 0 Å². The van der Waals surface area contributed by atoms with E-state index in [0.717, 1.165) is 12.8 Å². The van der Waals surface area contributed by atoms with Gasteiger partial charge in [-0.1, -0.05) is 32.6 Å². The molecule has 0 saturated carbocycles. The quantitative estimate of drug-likeness (QED) is 0.642. The minimum atomic E-state index is -0.0975. The minimum absolute atomic E-state index is 0.0975. The van der Waals surface area contributed by atoms with Crippen LogP contribution in [-0.4, -0.2) is 15.9 Å². The predicted octanol–water partition coefficient (Wildman–Crippen LogP) is 1.94. The Kier molecular flexibility index (Phi) is 5.90. The van der Waals surface area contributed by atoms with Crippen LogP contribution in [0.2, 0.25) is 0 Å². The van der Waals surface area contributed by atoms with E-state index >= 15 is 0 Å². The number of nitrogens with one attached hydrogen (secondary N) is 1. The molecule has 1 rings (SSSR count). The van der Waals surface area contributed by atoms with E-state index in [-0.39, 0.29) is 17.5 Å². The van der Waals surface area contributed by atoms with Crippen molar-refractivity contribution in [2.75, 3.05) is 16.8 Å². The third kappa shape index (κ3) is 4.57. The lowest BCUT2D eigenvalue weighted by Crippen LogP contribution is -2.15. The second kappa shape index (κ2) is 7.47. The molecule has 0 aliphatic carbocycles. The second-order valence-electron chi connectivity index (χ2n) is 4.23. The molecule has 0 unspecified atom stereocenters. The van der Waals surface area contributed by atoms with Crippen LogP contribution in [0.3, 0.4) is 0 Å². The van der Waals surface area contributed by atoms with Crippen molar-refractivity contribution in [2.45, 2.75) is 45.4 Å². The number of anilines is 3. The summed E-state index contributed by atoms with van der Waals surface area (Å²) < 4.78 is 0. The first kappa shape index (κ1) is 14.2. The van der Waals surface area contributed by atoms with Crippen molar-refractivity contribution in [1.29, 1.82) is 0 Å². The van der Waals surface area contributed by atoms with Crippen molar-refractivity contribution in [2.24, 2.45) is 0 Å². The van der Waals surface area contributed by atoms with Gasteiger partial charge in [-0.2, -0.15) is 0 Å². The smallest absolute Gasteiger partial charge is 0.224 e. The van der Waals surface area contributed by atoms with Crippen molar-refractivity contribution in [3.63, 3.8) is 0 Å². The van der Waals surface area contributed by atoms with Crippen molar-refractivity contribution in [3.8, 4) is 0 Å². The van der Waals surface area contributed by atoms with Crippen LogP contribution in [-0.2, 0) is 4.79 Å². The first-order valence-electron chi connectivity index (χ1n) is 6.31. The number of nitrogens with zero attached hydrogens (tertiary/aromatic N) is 2. The largest absolute Gasteiger partial charge is 0.382 e. The molecule has 1 amide bonds. The van der Waals surface area contributed by atoms with E-state index in [1.54, 1.807) is 0 Å². The molecule has 0 radical (unpaired) electrons. The molecule has 0 aliphatic heterocycles. The Bertz CT molecular complexity index is 374. The van der Waals surface area contributed by atoms with Crippen LogP contribution in [0.15, 0.2) is 6.33 Å². The highest BCUT2D eigenvalue weighted by Gasteiger charge is 2.09. The van der Waals surface area contributed by atoms with E-state index in [1.165, 1.54) is 25.6 Å². The van der Waals surface area contributed by atoms with Crippen LogP contribution in [0.1, 0.15) is 45.4 Å². The fourth-order valence-corrected chi connectivity index (χ4v) is 1.63. The van der Waals surface area contributed by atoms with Gasteiger partial charge in [0.25, 0.3) is 0 Å². The maximum atomic E-state index is 11.7. The molecule has 100 valence electrons. The molecule has 18 heavy (non-hydrogen) atoms. The van der Waals surface area contributed by atoms with Gasteiger partial charge in [-0.05, 0) is 6.42 Å². The molecule has 0 aliphatic rings. The zero-order valence-electron chi connectivity index (χ0n) is 10.8. The monoisotopic (exact) mass is 251 g/mol. The van der Waals surface area contributed by atoms with E-state index in [1.807, 2.05) is 0 Å². The van der Waals surface area contributed by atoms with E-state index in [9.17, 15) is 4.79 Å². The van der Waals surface area contributed by atoms with Gasteiger partial charge in [-0.3, -0.25) is 4.79 Å². The molecule has 1 aromatic heterocycles. The summed E-state index contributed by atoms with van der Waals surface area (Å²) in [6.07, 6.45) is 7.26. The predicted molar refractivity (Wildman–Crippen MR) is 72.9 cm³/mol. The van der Waals surface area contributed by atoms with Gasteiger partial charge in [-0.15, -0.1) is 0 Å². The zero-order valence-corrected chi connectivity index (χ0v) is 10.8. The second-order valence-corrected chi connectivity index (χ2v) is 4.23. The van der Waals surface area contributed by atoms with E-state index in [4.69, 9.17) is 11.5 Å². The lowest BCUT2D eigenvalue weighted by atomic mass is 10.1. The molecule has 0 atom stereocenters. The first-order valence-corrected chi connectivity index (χ1v) is 6.31. The number of carbonyl (C=O) groups is 1. The lowest BCUT2D eigenvalue weighted by Gasteiger charge is -2.08. The van der Waals surface area contributed by atoms with Crippen LogP contribution in [0, 0.1) is 0 Å². The van der Waals surface area contributed by atoms with Gasteiger partial charge in [0.15, 0.2) is 11.6 Å². The normalized spacial score (nSPS) is 10.3. The molecule has 0 fully saturated rings. The zero-order chi connectivity index (χ0) is 13.4. The fraction of sp³-hybridized carbons (Fsp3) is 0.583. The van der Waals surface area contributed by atoms with Crippen molar-refractivity contribution in [3.05, 3.63) is 6.33 Å². The average molecular weight is 251 g/mol. The number of aromatic nitrogens is 2. The van der Waals surface area contributed by atoms with Gasteiger partial charge < -0.3 is 16.8 Å². The molecule has 6 heteroatoms. The number of unbranched alkanes of at least 4 members (excludes halogenated alkanes) is 4. The number of amides is 1. The molecule has 0 spiro atoms. The third-order valence-electron chi connectivity index (χ3n) is 2.68. The average Bonchev–Trinajstić information content (AvgIpc) is 2.34. The fourth-order valence-electron chi connectivity index (χ4n) is 1.63. The first-order chi connectivity index (χ1) is 8.65. The van der Waals surface area contributed by atoms with Crippen LogP contribution in [0.5, 0.6) is 0 Å². The number of rotatable bonds is 7. The Balaban J connectivity index is 2.36. The maximum absolute atomic E-state index is 11.7. The van der Waals surface area contributed by atoms with Crippen LogP contribution in [0.25, 0.3) is 0 Å². The summed E-state index contributed by atoms with van der Waals surface area (Å²) in [5.41, 5.74) is 11.6. The molecule has 0 aromatic carbocycles. The highest BCUT2D eigenvalue weighted by molar-refractivity contribution is 5.96. The summed E-state index contributed by atoms with van der Waals surface area (Å²) >= 11 is 0. The van der Waals surface area contributed by atoms with Crippen molar-refractivity contribution in [1.82, 2.24) is 9.97 Å². The number of nitrogen functional groups attached to an aromatic ring is 2. The van der Waals surface area contributed by atoms with Gasteiger partial charge in [0, 0.05) is 6.42 Å². The van der Waals surface area contributed by atoms with Gasteiger partial charge in [0.1, 0.15) is 12.0 Å². The van der Waals surface area contributed by atoms with Crippen LogP contribution in [0.4, 0.5) is 17.3 Å². The van der Waals surface area contributed by atoms with E-state index in [0.29, 0.717) is 12.1 Å². The summed E-state index contributed by atoms with van der Waals surface area (Å²) in [5, 5.41) is 2.66. The molecular formula is C12H21N5O. The molecular weight excluding hydrogens is 230 g/mol. The SMILES string of the molecule is CCCCCCCC(=O)Nc1c(N)ncnc1N. The Morgan fingerprint density at radius 2 is 1.78 bits per heavy atom. The van der Waals surface area contributed by atoms with Crippen molar-refractivity contribution < 1.29 is 4.79 Å². The molecule has 0 bridgehead atoms. The van der Waals surface area contributed by atoms with Gasteiger partial charge in [-0.25, -0.2) is 9.97 Å². The Morgan fingerprint density at radius 3 is 2.39 bits per heavy atom. The summed E-state index contributed by atoms with van der Waals surface area (Å²) in [4.78, 5) is 19.2. The summed E-state index contributed by atoms with van der Waals surface area (Å²) in [6.45, 7) is 2.16. The maximum Gasteiger partial charge on any atom is 0.224 e. The highest BCUT2D eigenvalue weighted by Crippen LogP contribution is 2.21. The summed E-state index contributed by atoms with van der Waals surface area (Å²) in [7, 11) is 0. The summed E-state index contributed by atoms with van der Waals surface area (Å²) in [5.74, 6) is 0.295. The van der Waals surface area contributed by atoms with Crippen LogP contribution >= 0.6 is 0 Å². The molecule has 1 aromatic rings. The highest BCUT2D eigenvalue weighted by atomic mass is 16.1. The van der Waals surface area contributed by atoms with Gasteiger partial charge in [0.2, 0.25) is 5.91 Å². The Morgan fingerprint density at radius 1 is 1.17 bits per heavy atom. The number of carbonyl (C=O) groups excluding carboxylic acids is 1. The molecule has 0 saturated heterocycles. The Hall–Kier alpha value is -1.85. The standard InChI is InChI=1S/C12H21N5O/c1-2-3-4-5-6-7-9(18)17-10-11(13)15-8-16-12(10)14/h8H,2-7H2,1H3,(H,17,18)(H4,13,14,15,16). The van der Waals surface area contributed by atoms with Gasteiger partial charge >= 0.3 is 0 Å². The molecule has 1 heterocycles. The molecule has 6 nitrogen and oxygen atoms in total. The van der Waals surface area contributed by atoms with Crippen molar-refractivity contribution >= 4 is 23.2 Å². The lowest BCUT2D eigenvalue weighted by molar-refractivity contribution is -0.116. The number of hydrogen-bond acceptors (Lipinski definition) is 5. The Labute approximate surface area is 107 Å². The number of nitrogens with two attached hydrogens (primary N) is 2. The molecule has 5 N–H and O–H groups in total. The minimum Gasteiger partial charge on any atom is -0.382 e. The van der Waals surface area contributed by atoms with E-state index in [2.05, 4.69) is 22.2 Å². The topological polar surface area (TPSA) is 107 Å².